The van der Waals surface area contributed by atoms with Gasteiger partial charge in [0.25, 0.3) is 0 Å². The Kier molecular flexibility index (Phi) is 7.08. The molecule has 0 saturated heterocycles. The van der Waals surface area contributed by atoms with Gasteiger partial charge in [0.15, 0.2) is 5.75 Å². The van der Waals surface area contributed by atoms with Crippen molar-refractivity contribution in [2.75, 3.05) is 0 Å². The summed E-state index contributed by atoms with van der Waals surface area (Å²) in [4.78, 5) is 0. The van der Waals surface area contributed by atoms with E-state index in [1.807, 2.05) is 20.8 Å². The van der Waals surface area contributed by atoms with Crippen molar-refractivity contribution >= 4 is 20.9 Å². The molecule has 0 spiro atoms. The largest absolute Gasteiger partial charge is 0.534 e. The maximum absolute atomic E-state index is 12.5. The molecule has 0 fully saturated rings. The van der Waals surface area contributed by atoms with Gasteiger partial charge in [0.2, 0.25) is 0 Å². The molecule has 0 heterocycles. The number of aryl methyl sites for hydroxylation is 1. The first-order valence-corrected chi connectivity index (χ1v) is 9.18. The lowest BCUT2D eigenvalue weighted by molar-refractivity contribution is -0.0499. The Bertz CT molecular complexity index is 768. The smallest absolute Gasteiger partial charge is 0.375 e. The molecule has 0 aliphatic rings. The average molecular weight is 362 g/mol. The van der Waals surface area contributed by atoms with E-state index in [0.717, 1.165) is 24.8 Å². The van der Waals surface area contributed by atoms with Crippen LogP contribution in [0, 0.1) is 0 Å². The second-order valence-electron chi connectivity index (χ2n) is 4.86. The summed E-state index contributed by atoms with van der Waals surface area (Å²) in [6, 6.07) is 9.55. The van der Waals surface area contributed by atoms with Gasteiger partial charge in [-0.25, -0.2) is 0 Å². The summed E-state index contributed by atoms with van der Waals surface area (Å²) in [7, 11) is -5.67. The molecule has 0 aliphatic heterocycles. The van der Waals surface area contributed by atoms with Gasteiger partial charge in [-0.05, 0) is 29.9 Å². The summed E-state index contributed by atoms with van der Waals surface area (Å²) in [5.41, 5.74) is -4.50. The van der Waals surface area contributed by atoms with E-state index < -0.39 is 15.6 Å². The van der Waals surface area contributed by atoms with Gasteiger partial charge in [-0.3, -0.25) is 0 Å². The summed E-state index contributed by atoms with van der Waals surface area (Å²) in [6.45, 7) is 6.04. The van der Waals surface area contributed by atoms with Crippen LogP contribution in [0.1, 0.15) is 39.2 Å². The Morgan fingerprint density at radius 3 is 2.12 bits per heavy atom. The highest BCUT2D eigenvalue weighted by Crippen LogP contribution is 2.33. The van der Waals surface area contributed by atoms with Crippen molar-refractivity contribution in [3.8, 4) is 5.75 Å². The summed E-state index contributed by atoms with van der Waals surface area (Å²) < 4.78 is 64.0. The summed E-state index contributed by atoms with van der Waals surface area (Å²) in [5, 5.41) is 1.05. The van der Waals surface area contributed by atoms with Gasteiger partial charge in [-0.1, -0.05) is 57.5 Å². The number of halogens is 3. The average Bonchev–Trinajstić information content (AvgIpc) is 2.55. The number of unbranched alkanes of at least 4 members (excludes halogenated alkanes) is 1. The fraction of sp³-hybridized carbons (Fsp3) is 0.412. The molecular weight excluding hydrogens is 341 g/mol. The van der Waals surface area contributed by atoms with E-state index in [2.05, 4.69) is 4.18 Å². The Morgan fingerprint density at radius 1 is 1.00 bits per heavy atom. The number of fused-ring (bicyclic) bond motifs is 1. The molecule has 3 nitrogen and oxygen atoms in total. The van der Waals surface area contributed by atoms with E-state index in [-0.39, 0.29) is 5.75 Å². The van der Waals surface area contributed by atoms with Crippen molar-refractivity contribution in [1.82, 2.24) is 0 Å². The minimum atomic E-state index is -5.67. The fourth-order valence-electron chi connectivity index (χ4n) is 2.16. The van der Waals surface area contributed by atoms with Gasteiger partial charge in [0, 0.05) is 5.39 Å². The van der Waals surface area contributed by atoms with Crippen molar-refractivity contribution in [3.63, 3.8) is 0 Å². The Hall–Kier alpha value is -1.76. The standard InChI is InChI=1S/C15H15F3O3S.C2H6/c1-2-3-6-11-9-10-14(13-8-5-4-7-12(11)13)21-22(19,20)15(16,17)18;1-2/h4-5,7-10H,2-3,6H2,1H3;1-2H3. The van der Waals surface area contributed by atoms with Gasteiger partial charge in [-0.2, -0.15) is 21.6 Å². The van der Waals surface area contributed by atoms with E-state index in [1.54, 1.807) is 30.3 Å². The minimum Gasteiger partial charge on any atom is -0.375 e. The normalized spacial score (nSPS) is 11.8. The van der Waals surface area contributed by atoms with E-state index >= 15 is 0 Å². The molecule has 2 aromatic carbocycles. The predicted molar refractivity (Wildman–Crippen MR) is 89.5 cm³/mol. The molecule has 0 bridgehead atoms. The number of alkyl halides is 3. The van der Waals surface area contributed by atoms with E-state index in [4.69, 9.17) is 0 Å². The molecule has 0 aliphatic carbocycles. The molecule has 0 radical (unpaired) electrons. The van der Waals surface area contributed by atoms with Gasteiger partial charge in [0.1, 0.15) is 0 Å². The van der Waals surface area contributed by atoms with Gasteiger partial charge in [0.05, 0.1) is 0 Å². The van der Waals surface area contributed by atoms with Crippen LogP contribution in [0.5, 0.6) is 5.75 Å². The highest BCUT2D eigenvalue weighted by molar-refractivity contribution is 7.88. The Morgan fingerprint density at radius 2 is 1.58 bits per heavy atom. The van der Waals surface area contributed by atoms with Crippen LogP contribution in [-0.4, -0.2) is 13.9 Å². The quantitative estimate of drug-likeness (QED) is 0.526. The lowest BCUT2D eigenvalue weighted by Gasteiger charge is -2.13. The van der Waals surface area contributed by atoms with Crippen LogP contribution in [0.4, 0.5) is 13.2 Å². The molecule has 0 amide bonds. The molecule has 2 rings (SSSR count). The maximum atomic E-state index is 12.5. The lowest BCUT2D eigenvalue weighted by atomic mass is 10.00. The molecule has 0 N–H and O–H groups in total. The molecule has 134 valence electrons. The van der Waals surface area contributed by atoms with Gasteiger partial charge in [-0.15, -0.1) is 0 Å². The van der Waals surface area contributed by atoms with Crippen LogP contribution < -0.4 is 4.18 Å². The summed E-state index contributed by atoms with van der Waals surface area (Å²) in [5.74, 6) is -0.312. The van der Waals surface area contributed by atoms with Crippen molar-refractivity contribution < 1.29 is 25.8 Å². The zero-order chi connectivity index (χ0) is 18.4. The first kappa shape index (κ1) is 20.3. The third-order valence-electron chi connectivity index (χ3n) is 3.26. The molecule has 7 heteroatoms. The zero-order valence-electron chi connectivity index (χ0n) is 13.9. The van der Waals surface area contributed by atoms with Crippen LogP contribution in [0.15, 0.2) is 36.4 Å². The summed E-state index contributed by atoms with van der Waals surface area (Å²) in [6.07, 6.45) is 2.68. The number of hydrogen-bond acceptors (Lipinski definition) is 3. The third kappa shape index (κ3) is 4.63. The SMILES string of the molecule is CC.CCCCc1ccc(OS(=O)(=O)C(F)(F)F)c2ccccc12. The van der Waals surface area contributed by atoms with Crippen LogP contribution in [0.25, 0.3) is 10.8 Å². The third-order valence-corrected chi connectivity index (χ3v) is 4.22. The molecule has 0 saturated carbocycles. The van der Waals surface area contributed by atoms with Crippen molar-refractivity contribution in [1.29, 1.82) is 0 Å². The summed E-state index contributed by atoms with van der Waals surface area (Å²) >= 11 is 0. The van der Waals surface area contributed by atoms with Crippen molar-refractivity contribution in [2.24, 2.45) is 0 Å². The van der Waals surface area contributed by atoms with E-state index in [0.29, 0.717) is 10.8 Å². The Balaban J connectivity index is 0.00000139. The predicted octanol–water partition coefficient (Wildman–Crippen LogP) is 5.44. The van der Waals surface area contributed by atoms with Gasteiger partial charge >= 0.3 is 15.6 Å². The Labute approximate surface area is 140 Å². The minimum absolute atomic E-state index is 0.312. The first-order valence-electron chi connectivity index (χ1n) is 7.77. The van der Waals surface area contributed by atoms with Crippen LogP contribution >= 0.6 is 0 Å². The topological polar surface area (TPSA) is 43.4 Å². The van der Waals surface area contributed by atoms with Crippen molar-refractivity contribution in [2.45, 2.75) is 45.5 Å². The monoisotopic (exact) mass is 362 g/mol. The van der Waals surface area contributed by atoms with Crippen LogP contribution in [0.3, 0.4) is 0 Å². The molecular formula is C17H21F3O3S. The fourth-order valence-corrected chi connectivity index (χ4v) is 2.63. The zero-order valence-corrected chi connectivity index (χ0v) is 14.7. The highest BCUT2D eigenvalue weighted by atomic mass is 32.2. The molecule has 0 aromatic heterocycles. The molecule has 0 atom stereocenters. The second-order valence-corrected chi connectivity index (χ2v) is 6.39. The van der Waals surface area contributed by atoms with Gasteiger partial charge < -0.3 is 4.18 Å². The number of rotatable bonds is 5. The second kappa shape index (κ2) is 8.37. The number of benzene rings is 2. The highest BCUT2D eigenvalue weighted by Gasteiger charge is 2.48. The van der Waals surface area contributed by atoms with Crippen LogP contribution in [0.2, 0.25) is 0 Å². The molecule has 2 aromatic rings. The molecule has 24 heavy (non-hydrogen) atoms. The molecule has 0 unspecified atom stereocenters. The van der Waals surface area contributed by atoms with Crippen molar-refractivity contribution in [3.05, 3.63) is 42.0 Å². The van der Waals surface area contributed by atoms with Crippen LogP contribution in [-0.2, 0) is 16.5 Å². The first-order chi connectivity index (χ1) is 11.3. The lowest BCUT2D eigenvalue weighted by Crippen LogP contribution is -2.28. The number of hydrogen-bond donors (Lipinski definition) is 0. The van der Waals surface area contributed by atoms with E-state index in [9.17, 15) is 21.6 Å². The maximum Gasteiger partial charge on any atom is 0.534 e. The van der Waals surface area contributed by atoms with E-state index in [1.165, 1.54) is 6.07 Å².